The van der Waals surface area contributed by atoms with Crippen LogP contribution in [0.15, 0.2) is 22.7 Å². The molecule has 0 atom stereocenters. The number of hydrogen-bond donors (Lipinski definition) is 2. The summed E-state index contributed by atoms with van der Waals surface area (Å²) in [5.41, 5.74) is 1.17. The van der Waals surface area contributed by atoms with Crippen LogP contribution >= 0.6 is 15.9 Å². The van der Waals surface area contributed by atoms with Gasteiger partial charge in [-0.2, -0.15) is 0 Å². The van der Waals surface area contributed by atoms with Gasteiger partial charge < -0.3 is 10.4 Å². The first-order chi connectivity index (χ1) is 9.46. The van der Waals surface area contributed by atoms with E-state index in [1.165, 1.54) is 0 Å². The standard InChI is InChI=1S/C16H22BrNO2/c1-11-5-7-16(10-19,8-6-11)18-15(20)14-9-13(17)4-3-12(14)2/h3-4,9,11,19H,5-8,10H2,1-2H3,(H,18,20). The molecule has 1 aliphatic carbocycles. The van der Waals surface area contributed by atoms with E-state index in [0.29, 0.717) is 11.5 Å². The van der Waals surface area contributed by atoms with Gasteiger partial charge in [0.15, 0.2) is 0 Å². The molecular formula is C16H22BrNO2. The lowest BCUT2D eigenvalue weighted by Gasteiger charge is -2.38. The lowest BCUT2D eigenvalue weighted by Crippen LogP contribution is -2.53. The van der Waals surface area contributed by atoms with Gasteiger partial charge in [-0.25, -0.2) is 0 Å². The largest absolute Gasteiger partial charge is 0.394 e. The fraction of sp³-hybridized carbons (Fsp3) is 0.562. The zero-order valence-corrected chi connectivity index (χ0v) is 13.7. The Labute approximate surface area is 128 Å². The highest BCUT2D eigenvalue weighted by Crippen LogP contribution is 2.32. The number of nitrogens with one attached hydrogen (secondary N) is 1. The van der Waals surface area contributed by atoms with Crippen LogP contribution < -0.4 is 5.32 Å². The molecule has 0 aromatic heterocycles. The van der Waals surface area contributed by atoms with Crippen LogP contribution in [-0.4, -0.2) is 23.2 Å². The summed E-state index contributed by atoms with van der Waals surface area (Å²) in [5, 5.41) is 12.8. The van der Waals surface area contributed by atoms with Crippen molar-refractivity contribution >= 4 is 21.8 Å². The normalized spacial score (nSPS) is 26.3. The van der Waals surface area contributed by atoms with Gasteiger partial charge in [-0.3, -0.25) is 4.79 Å². The summed E-state index contributed by atoms with van der Waals surface area (Å²) in [4.78, 5) is 12.5. The van der Waals surface area contributed by atoms with Crippen LogP contribution in [0.3, 0.4) is 0 Å². The van der Waals surface area contributed by atoms with Gasteiger partial charge in [-0.1, -0.05) is 28.9 Å². The number of carbonyl (C=O) groups excluding carboxylic acids is 1. The molecule has 1 aromatic carbocycles. The van der Waals surface area contributed by atoms with Crippen molar-refractivity contribution in [3.05, 3.63) is 33.8 Å². The fourth-order valence-electron chi connectivity index (χ4n) is 2.78. The first-order valence-corrected chi connectivity index (χ1v) is 7.94. The Bertz CT molecular complexity index is 493. The summed E-state index contributed by atoms with van der Waals surface area (Å²) < 4.78 is 0.892. The summed E-state index contributed by atoms with van der Waals surface area (Å²) in [6.45, 7) is 4.16. The summed E-state index contributed by atoms with van der Waals surface area (Å²) >= 11 is 3.40. The van der Waals surface area contributed by atoms with Crippen LogP contribution in [0.25, 0.3) is 0 Å². The zero-order chi connectivity index (χ0) is 14.8. The second-order valence-corrected chi connectivity index (χ2v) is 6.95. The molecular weight excluding hydrogens is 318 g/mol. The van der Waals surface area contributed by atoms with Gasteiger partial charge in [0.2, 0.25) is 0 Å². The second kappa shape index (κ2) is 6.27. The lowest BCUT2D eigenvalue weighted by molar-refractivity contribution is 0.0716. The van der Waals surface area contributed by atoms with Crippen LogP contribution in [0, 0.1) is 12.8 Å². The number of hydrogen-bond acceptors (Lipinski definition) is 2. The smallest absolute Gasteiger partial charge is 0.252 e. The molecule has 0 radical (unpaired) electrons. The van der Waals surface area contributed by atoms with Gasteiger partial charge in [-0.05, 0) is 56.2 Å². The summed E-state index contributed by atoms with van der Waals surface area (Å²) in [7, 11) is 0. The lowest BCUT2D eigenvalue weighted by atomic mass is 9.77. The van der Waals surface area contributed by atoms with E-state index >= 15 is 0 Å². The maximum Gasteiger partial charge on any atom is 0.252 e. The molecule has 0 saturated heterocycles. The Kier molecular flexibility index (Phi) is 4.86. The average Bonchev–Trinajstić information content (AvgIpc) is 2.44. The number of aryl methyl sites for hydroxylation is 1. The van der Waals surface area contributed by atoms with Crippen molar-refractivity contribution in [1.82, 2.24) is 5.32 Å². The monoisotopic (exact) mass is 339 g/mol. The van der Waals surface area contributed by atoms with E-state index in [4.69, 9.17) is 0 Å². The highest BCUT2D eigenvalue weighted by molar-refractivity contribution is 9.10. The van der Waals surface area contributed by atoms with Crippen molar-refractivity contribution in [3.63, 3.8) is 0 Å². The van der Waals surface area contributed by atoms with Crippen molar-refractivity contribution in [3.8, 4) is 0 Å². The number of amides is 1. The minimum atomic E-state index is -0.446. The quantitative estimate of drug-likeness (QED) is 0.886. The Hall–Kier alpha value is -0.870. The number of halogens is 1. The van der Waals surface area contributed by atoms with Gasteiger partial charge in [0.05, 0.1) is 12.1 Å². The van der Waals surface area contributed by atoms with Gasteiger partial charge in [0, 0.05) is 10.0 Å². The number of aliphatic hydroxyl groups is 1. The predicted molar refractivity (Wildman–Crippen MR) is 83.8 cm³/mol. The van der Waals surface area contributed by atoms with Crippen molar-refractivity contribution in [2.45, 2.75) is 45.1 Å². The first-order valence-electron chi connectivity index (χ1n) is 7.15. The summed E-state index contributed by atoms with van der Waals surface area (Å²) in [6.07, 6.45) is 3.81. The Morgan fingerprint density at radius 1 is 1.45 bits per heavy atom. The highest BCUT2D eigenvalue weighted by atomic mass is 79.9. The Balaban J connectivity index is 2.15. The molecule has 2 N–H and O–H groups in total. The van der Waals surface area contributed by atoms with E-state index in [9.17, 15) is 9.90 Å². The average molecular weight is 340 g/mol. The van der Waals surface area contributed by atoms with Gasteiger partial charge in [0.1, 0.15) is 0 Å². The Morgan fingerprint density at radius 2 is 2.10 bits per heavy atom. The van der Waals surface area contributed by atoms with Crippen LogP contribution in [0.4, 0.5) is 0 Å². The molecule has 1 saturated carbocycles. The van der Waals surface area contributed by atoms with Gasteiger partial charge in [-0.15, -0.1) is 0 Å². The fourth-order valence-corrected chi connectivity index (χ4v) is 3.15. The molecule has 3 nitrogen and oxygen atoms in total. The topological polar surface area (TPSA) is 49.3 Å². The van der Waals surface area contributed by atoms with Crippen molar-refractivity contribution in [2.24, 2.45) is 5.92 Å². The van der Waals surface area contributed by atoms with Gasteiger partial charge >= 0.3 is 0 Å². The molecule has 1 amide bonds. The minimum absolute atomic E-state index is 0.0124. The maximum atomic E-state index is 12.5. The van der Waals surface area contributed by atoms with E-state index < -0.39 is 5.54 Å². The number of carbonyl (C=O) groups is 1. The van der Waals surface area contributed by atoms with Crippen molar-refractivity contribution in [1.29, 1.82) is 0 Å². The number of rotatable bonds is 3. The van der Waals surface area contributed by atoms with Crippen LogP contribution in [-0.2, 0) is 0 Å². The van der Waals surface area contributed by atoms with Crippen LogP contribution in [0.5, 0.6) is 0 Å². The van der Waals surface area contributed by atoms with Crippen molar-refractivity contribution < 1.29 is 9.90 Å². The minimum Gasteiger partial charge on any atom is -0.394 e. The molecule has 1 aromatic rings. The zero-order valence-electron chi connectivity index (χ0n) is 12.1. The predicted octanol–water partition coefficient (Wildman–Crippen LogP) is 3.43. The van der Waals surface area contributed by atoms with E-state index in [0.717, 1.165) is 35.7 Å². The first kappa shape index (κ1) is 15.5. The molecule has 110 valence electrons. The summed E-state index contributed by atoms with van der Waals surface area (Å²) in [5.74, 6) is 0.589. The molecule has 0 bridgehead atoms. The molecule has 20 heavy (non-hydrogen) atoms. The van der Waals surface area contributed by atoms with E-state index in [1.54, 1.807) is 0 Å². The van der Waals surface area contributed by atoms with E-state index in [1.807, 2.05) is 25.1 Å². The molecule has 0 spiro atoms. The van der Waals surface area contributed by atoms with Crippen LogP contribution in [0.2, 0.25) is 0 Å². The maximum absolute atomic E-state index is 12.5. The number of benzene rings is 1. The highest BCUT2D eigenvalue weighted by Gasteiger charge is 2.35. The van der Waals surface area contributed by atoms with Gasteiger partial charge in [0.25, 0.3) is 5.91 Å². The van der Waals surface area contributed by atoms with Crippen LogP contribution in [0.1, 0.15) is 48.5 Å². The molecule has 1 aliphatic rings. The molecule has 1 fully saturated rings. The molecule has 2 rings (SSSR count). The molecule has 0 aliphatic heterocycles. The molecule has 0 unspecified atom stereocenters. The van der Waals surface area contributed by atoms with Crippen molar-refractivity contribution in [2.75, 3.05) is 6.61 Å². The van der Waals surface area contributed by atoms with E-state index in [-0.39, 0.29) is 12.5 Å². The molecule has 4 heteroatoms. The Morgan fingerprint density at radius 3 is 2.70 bits per heavy atom. The third-order valence-corrected chi connectivity index (χ3v) is 4.85. The third kappa shape index (κ3) is 3.41. The number of aliphatic hydroxyl groups excluding tert-OH is 1. The summed E-state index contributed by atoms with van der Waals surface area (Å²) in [6, 6.07) is 5.69. The molecule has 0 heterocycles. The second-order valence-electron chi connectivity index (χ2n) is 6.03. The van der Waals surface area contributed by atoms with E-state index in [2.05, 4.69) is 28.2 Å². The SMILES string of the molecule is Cc1ccc(Br)cc1C(=O)NC1(CO)CCC(C)CC1. The third-order valence-electron chi connectivity index (χ3n) is 4.36.